The van der Waals surface area contributed by atoms with Gasteiger partial charge in [-0.2, -0.15) is 0 Å². The summed E-state index contributed by atoms with van der Waals surface area (Å²) >= 11 is 9.10. The van der Waals surface area contributed by atoms with E-state index < -0.39 is 0 Å². The Morgan fingerprint density at radius 3 is 2.72 bits per heavy atom. The fourth-order valence-corrected chi connectivity index (χ4v) is 4.36. The molecule has 0 fully saturated rings. The van der Waals surface area contributed by atoms with Crippen LogP contribution >= 0.6 is 34.7 Å². The first-order valence-electron chi connectivity index (χ1n) is 7.59. The number of hydrogen-bond donors (Lipinski definition) is 1. The second-order valence-electron chi connectivity index (χ2n) is 5.43. The highest BCUT2D eigenvalue weighted by Gasteiger charge is 2.13. The van der Waals surface area contributed by atoms with Crippen LogP contribution in [0.4, 0.5) is 5.13 Å². The molecule has 2 heterocycles. The minimum Gasteiger partial charge on any atom is -0.374 e. The molecule has 0 atom stereocenters. The number of nitrogens with two attached hydrogens (primary N) is 1. The van der Waals surface area contributed by atoms with E-state index in [0.29, 0.717) is 15.9 Å². The summed E-state index contributed by atoms with van der Waals surface area (Å²) in [6.07, 6.45) is 0. The fraction of sp³-hybridized carbons (Fsp3) is 0.118. The molecule has 0 bridgehead atoms. The smallest absolute Gasteiger partial charge is 0.203 e. The molecule has 0 spiro atoms. The largest absolute Gasteiger partial charge is 0.374 e. The predicted molar refractivity (Wildman–Crippen MR) is 104 cm³/mol. The summed E-state index contributed by atoms with van der Waals surface area (Å²) in [7, 11) is 0. The third-order valence-corrected chi connectivity index (χ3v) is 5.84. The molecule has 126 valence electrons. The molecule has 0 aliphatic rings. The highest BCUT2D eigenvalue weighted by Crippen LogP contribution is 2.29. The van der Waals surface area contributed by atoms with Gasteiger partial charge in [-0.1, -0.05) is 65.0 Å². The van der Waals surface area contributed by atoms with Crippen LogP contribution < -0.4 is 5.73 Å². The Bertz CT molecular complexity index is 1010. The first kappa shape index (κ1) is 16.4. The van der Waals surface area contributed by atoms with E-state index in [0.717, 1.165) is 27.7 Å². The van der Waals surface area contributed by atoms with Crippen molar-refractivity contribution in [1.29, 1.82) is 0 Å². The van der Waals surface area contributed by atoms with E-state index in [9.17, 15) is 0 Å². The van der Waals surface area contributed by atoms with Crippen LogP contribution in [0.3, 0.4) is 0 Å². The average Bonchev–Trinajstić information content (AvgIpc) is 3.17. The number of aromatic nitrogens is 4. The number of benzene rings is 2. The van der Waals surface area contributed by atoms with Gasteiger partial charge in [-0.3, -0.25) is 0 Å². The fourth-order valence-electron chi connectivity index (χ4n) is 2.61. The Morgan fingerprint density at radius 2 is 1.96 bits per heavy atom. The molecule has 0 radical (unpaired) electrons. The molecular formula is C17H14ClN5S2. The average molecular weight is 388 g/mol. The summed E-state index contributed by atoms with van der Waals surface area (Å²) in [5.41, 5.74) is 8.85. The maximum absolute atomic E-state index is 6.13. The van der Waals surface area contributed by atoms with Crippen molar-refractivity contribution in [2.45, 2.75) is 16.6 Å². The molecule has 8 heteroatoms. The monoisotopic (exact) mass is 387 g/mol. The lowest BCUT2D eigenvalue weighted by Gasteiger charge is -2.09. The zero-order valence-corrected chi connectivity index (χ0v) is 15.5. The van der Waals surface area contributed by atoms with Crippen molar-refractivity contribution in [1.82, 2.24) is 19.7 Å². The number of halogens is 1. The zero-order chi connectivity index (χ0) is 17.2. The standard InChI is InChI=1S/C17H14ClN5S2/c18-12-6-7-14-13(8-12)20-15(10-24-17-22-21-16(19)25-17)23(14)9-11-4-2-1-3-5-11/h1-8H,9-10H2,(H2,19,21). The summed E-state index contributed by atoms with van der Waals surface area (Å²) in [5, 5.41) is 9.08. The van der Waals surface area contributed by atoms with Gasteiger partial charge in [0, 0.05) is 11.6 Å². The van der Waals surface area contributed by atoms with E-state index in [1.807, 2.05) is 36.4 Å². The molecule has 0 saturated carbocycles. The minimum absolute atomic E-state index is 0.479. The van der Waals surface area contributed by atoms with Crippen molar-refractivity contribution >= 4 is 50.9 Å². The number of thioether (sulfide) groups is 1. The Morgan fingerprint density at radius 1 is 1.12 bits per heavy atom. The van der Waals surface area contributed by atoms with E-state index in [1.54, 1.807) is 11.8 Å². The van der Waals surface area contributed by atoms with Gasteiger partial charge in [-0.25, -0.2) is 4.98 Å². The second kappa shape index (κ2) is 7.03. The number of fused-ring (bicyclic) bond motifs is 1. The molecule has 4 aromatic rings. The molecule has 25 heavy (non-hydrogen) atoms. The van der Waals surface area contributed by atoms with Crippen molar-refractivity contribution in [3.63, 3.8) is 0 Å². The Hall–Kier alpha value is -2.09. The van der Waals surface area contributed by atoms with Gasteiger partial charge >= 0.3 is 0 Å². The van der Waals surface area contributed by atoms with E-state index >= 15 is 0 Å². The van der Waals surface area contributed by atoms with Crippen molar-refractivity contribution < 1.29 is 0 Å². The summed E-state index contributed by atoms with van der Waals surface area (Å²) in [4.78, 5) is 4.77. The topological polar surface area (TPSA) is 69.6 Å². The molecule has 4 rings (SSSR count). The van der Waals surface area contributed by atoms with E-state index in [-0.39, 0.29) is 0 Å². The van der Waals surface area contributed by atoms with E-state index in [2.05, 4.69) is 26.9 Å². The van der Waals surface area contributed by atoms with Gasteiger partial charge in [-0.15, -0.1) is 10.2 Å². The third-order valence-electron chi connectivity index (χ3n) is 3.72. The Labute approximate surface area is 157 Å². The summed E-state index contributed by atoms with van der Waals surface area (Å²) < 4.78 is 3.06. The van der Waals surface area contributed by atoms with Crippen LogP contribution in [-0.2, 0) is 12.3 Å². The van der Waals surface area contributed by atoms with Crippen LogP contribution in [0.2, 0.25) is 5.02 Å². The number of rotatable bonds is 5. The van der Waals surface area contributed by atoms with Crippen molar-refractivity contribution in [3.8, 4) is 0 Å². The summed E-state index contributed by atoms with van der Waals surface area (Å²) in [6, 6.07) is 16.2. The number of nitrogen functional groups attached to an aromatic ring is 1. The number of hydrogen-bond acceptors (Lipinski definition) is 6. The molecule has 0 saturated heterocycles. The number of imidazole rings is 1. The van der Waals surface area contributed by atoms with Crippen LogP contribution in [0, 0.1) is 0 Å². The quantitative estimate of drug-likeness (QED) is 0.512. The predicted octanol–water partition coefficient (Wildman–Crippen LogP) is 4.46. The first-order valence-corrected chi connectivity index (χ1v) is 9.77. The van der Waals surface area contributed by atoms with Crippen LogP contribution in [0.25, 0.3) is 11.0 Å². The Kier molecular flexibility index (Phi) is 4.61. The minimum atomic E-state index is 0.479. The van der Waals surface area contributed by atoms with Gasteiger partial charge in [0.05, 0.1) is 16.8 Å². The zero-order valence-electron chi connectivity index (χ0n) is 13.1. The normalized spacial score (nSPS) is 11.2. The van der Waals surface area contributed by atoms with Crippen LogP contribution in [0.5, 0.6) is 0 Å². The molecule has 2 aromatic heterocycles. The molecule has 2 aromatic carbocycles. The lowest BCUT2D eigenvalue weighted by molar-refractivity contribution is 0.780. The molecule has 0 aliphatic carbocycles. The maximum atomic E-state index is 6.13. The summed E-state index contributed by atoms with van der Waals surface area (Å²) in [6.45, 7) is 0.757. The lowest BCUT2D eigenvalue weighted by Crippen LogP contribution is -2.04. The maximum Gasteiger partial charge on any atom is 0.203 e. The van der Waals surface area contributed by atoms with Gasteiger partial charge in [0.25, 0.3) is 0 Å². The van der Waals surface area contributed by atoms with Crippen molar-refractivity contribution in [2.24, 2.45) is 0 Å². The van der Waals surface area contributed by atoms with Gasteiger partial charge in [-0.05, 0) is 23.8 Å². The molecule has 0 aliphatic heterocycles. The van der Waals surface area contributed by atoms with E-state index in [1.165, 1.54) is 16.9 Å². The van der Waals surface area contributed by atoms with Crippen molar-refractivity contribution in [3.05, 3.63) is 64.9 Å². The third kappa shape index (κ3) is 3.63. The lowest BCUT2D eigenvalue weighted by atomic mass is 10.2. The molecule has 0 unspecified atom stereocenters. The van der Waals surface area contributed by atoms with Gasteiger partial charge in [0.15, 0.2) is 4.34 Å². The van der Waals surface area contributed by atoms with Crippen LogP contribution in [0.1, 0.15) is 11.4 Å². The van der Waals surface area contributed by atoms with Gasteiger partial charge < -0.3 is 10.3 Å². The number of anilines is 1. The summed E-state index contributed by atoms with van der Waals surface area (Å²) in [5.74, 6) is 1.66. The van der Waals surface area contributed by atoms with Crippen molar-refractivity contribution in [2.75, 3.05) is 5.73 Å². The molecule has 0 amide bonds. The SMILES string of the molecule is Nc1nnc(SCc2nc3cc(Cl)ccc3n2Cc2ccccc2)s1. The molecule has 2 N–H and O–H groups in total. The molecule has 5 nitrogen and oxygen atoms in total. The molecular weight excluding hydrogens is 374 g/mol. The highest BCUT2D eigenvalue weighted by atomic mass is 35.5. The first-order chi connectivity index (χ1) is 12.2. The highest BCUT2D eigenvalue weighted by molar-refractivity contribution is 8.00. The van der Waals surface area contributed by atoms with Crippen LogP contribution in [-0.4, -0.2) is 19.7 Å². The van der Waals surface area contributed by atoms with Gasteiger partial charge in [0.1, 0.15) is 5.82 Å². The van der Waals surface area contributed by atoms with E-state index in [4.69, 9.17) is 22.3 Å². The van der Waals surface area contributed by atoms with Gasteiger partial charge in [0.2, 0.25) is 5.13 Å². The van der Waals surface area contributed by atoms with Crippen LogP contribution in [0.15, 0.2) is 52.9 Å². The second-order valence-corrected chi connectivity index (χ2v) is 8.10. The Balaban J connectivity index is 1.69. The number of nitrogens with zero attached hydrogens (tertiary/aromatic N) is 4.